The Morgan fingerprint density at radius 3 is 2.36 bits per heavy atom. The van der Waals surface area contributed by atoms with Crippen LogP contribution in [0.1, 0.15) is 26.3 Å². The first-order chi connectivity index (χ1) is 15.8. The molecule has 0 aromatic heterocycles. The second kappa shape index (κ2) is 9.49. The van der Waals surface area contributed by atoms with Crippen LogP contribution in [0.4, 0.5) is 0 Å². The number of carbonyl (C=O) groups excluding carboxylic acids is 2. The van der Waals surface area contributed by atoms with Crippen LogP contribution in [0.3, 0.4) is 0 Å². The van der Waals surface area contributed by atoms with Crippen molar-refractivity contribution in [2.24, 2.45) is 0 Å². The van der Waals surface area contributed by atoms with Crippen LogP contribution in [0.15, 0.2) is 71.6 Å². The number of hydrogen-bond acceptors (Lipinski definition) is 6. The highest BCUT2D eigenvalue weighted by molar-refractivity contribution is 7.89. The van der Waals surface area contributed by atoms with Crippen LogP contribution in [0.25, 0.3) is 0 Å². The summed E-state index contributed by atoms with van der Waals surface area (Å²) in [6.45, 7) is 0.101. The quantitative estimate of drug-likeness (QED) is 0.459. The molecule has 1 heterocycles. The van der Waals surface area contributed by atoms with Crippen LogP contribution >= 0.6 is 11.6 Å². The first kappa shape index (κ1) is 22.6. The summed E-state index contributed by atoms with van der Waals surface area (Å²) < 4.78 is 38.1. The molecule has 0 radical (unpaired) electrons. The van der Waals surface area contributed by atoms with E-state index in [2.05, 4.69) is 15.6 Å². The highest BCUT2D eigenvalue weighted by Gasteiger charge is 2.21. The fraction of sp³-hybridized carbons (Fsp3) is 0.0909. The van der Waals surface area contributed by atoms with Crippen LogP contribution in [0.2, 0.25) is 5.02 Å². The zero-order valence-corrected chi connectivity index (χ0v) is 18.6. The Morgan fingerprint density at radius 1 is 0.879 bits per heavy atom. The predicted molar refractivity (Wildman–Crippen MR) is 119 cm³/mol. The van der Waals surface area contributed by atoms with E-state index in [9.17, 15) is 18.0 Å². The smallest absolute Gasteiger partial charge is 0.269 e. The minimum absolute atomic E-state index is 0.00365. The lowest BCUT2D eigenvalue weighted by Crippen LogP contribution is -2.41. The Hall–Kier alpha value is -3.60. The summed E-state index contributed by atoms with van der Waals surface area (Å²) in [5, 5.41) is 0.197. The van der Waals surface area contributed by atoms with E-state index in [0.29, 0.717) is 11.5 Å². The van der Waals surface area contributed by atoms with Crippen molar-refractivity contribution in [1.82, 2.24) is 15.6 Å². The molecule has 3 aromatic carbocycles. The van der Waals surface area contributed by atoms with Gasteiger partial charge in [0, 0.05) is 17.7 Å². The van der Waals surface area contributed by atoms with E-state index in [1.807, 2.05) is 6.07 Å². The number of hydrogen-bond donors (Lipinski definition) is 3. The number of sulfonamides is 1. The summed E-state index contributed by atoms with van der Waals surface area (Å²) in [6, 6.07) is 17.3. The van der Waals surface area contributed by atoms with E-state index in [0.717, 1.165) is 5.56 Å². The van der Waals surface area contributed by atoms with Crippen molar-refractivity contribution >= 4 is 33.4 Å². The van der Waals surface area contributed by atoms with Gasteiger partial charge in [0.15, 0.2) is 11.5 Å². The van der Waals surface area contributed by atoms with E-state index in [4.69, 9.17) is 21.1 Å². The zero-order valence-electron chi connectivity index (χ0n) is 17.0. The van der Waals surface area contributed by atoms with Crippen LogP contribution in [0, 0.1) is 0 Å². The summed E-state index contributed by atoms with van der Waals surface area (Å²) in [7, 11) is -3.86. The van der Waals surface area contributed by atoms with Gasteiger partial charge < -0.3 is 9.47 Å². The molecule has 0 unspecified atom stereocenters. The van der Waals surface area contributed by atoms with E-state index in [1.54, 1.807) is 24.3 Å². The van der Waals surface area contributed by atoms with Crippen LogP contribution in [-0.2, 0) is 16.6 Å². The third-order valence-electron chi connectivity index (χ3n) is 4.69. The fourth-order valence-electron chi connectivity index (χ4n) is 3.02. The van der Waals surface area contributed by atoms with Crippen molar-refractivity contribution in [3.05, 3.63) is 88.4 Å². The Bertz CT molecular complexity index is 1310. The lowest BCUT2D eigenvalue weighted by molar-refractivity contribution is 0.0846. The van der Waals surface area contributed by atoms with Gasteiger partial charge in [-0.05, 0) is 35.9 Å². The Balaban J connectivity index is 1.40. The summed E-state index contributed by atoms with van der Waals surface area (Å²) in [5.41, 5.74) is 5.49. The third kappa shape index (κ3) is 5.25. The number of amides is 2. The minimum atomic E-state index is -3.86. The van der Waals surface area contributed by atoms with Gasteiger partial charge in [-0.1, -0.05) is 48.0 Å². The molecule has 0 spiro atoms. The van der Waals surface area contributed by atoms with Gasteiger partial charge in [-0.2, -0.15) is 0 Å². The zero-order chi connectivity index (χ0) is 23.4. The first-order valence-corrected chi connectivity index (χ1v) is 11.5. The maximum absolute atomic E-state index is 12.6. The van der Waals surface area contributed by atoms with Crippen molar-refractivity contribution in [3.63, 3.8) is 0 Å². The Labute approximate surface area is 194 Å². The lowest BCUT2D eigenvalue weighted by Gasteiger charge is -2.10. The van der Waals surface area contributed by atoms with Crippen LogP contribution in [0.5, 0.6) is 11.5 Å². The maximum Gasteiger partial charge on any atom is 0.269 e. The number of nitrogens with one attached hydrogen (secondary N) is 3. The maximum atomic E-state index is 12.6. The van der Waals surface area contributed by atoms with E-state index in [1.165, 1.54) is 36.4 Å². The highest BCUT2D eigenvalue weighted by atomic mass is 35.5. The molecular formula is C22H18ClN3O6S. The number of carbonyl (C=O) groups is 2. The summed E-state index contributed by atoms with van der Waals surface area (Å²) in [6.07, 6.45) is 0. The SMILES string of the molecule is O=C(NNC(=O)c1cc(Cl)c2c(c1)OCO2)c1cccc(S(=O)(=O)NCc2ccccc2)c1. The molecule has 0 atom stereocenters. The third-order valence-corrected chi connectivity index (χ3v) is 6.37. The Morgan fingerprint density at radius 2 is 1.61 bits per heavy atom. The number of halogens is 1. The van der Waals surface area contributed by atoms with Gasteiger partial charge >= 0.3 is 0 Å². The molecule has 2 amide bonds. The average molecular weight is 488 g/mol. The molecule has 1 aliphatic rings. The molecule has 3 aromatic rings. The van der Waals surface area contributed by atoms with E-state index >= 15 is 0 Å². The Kier molecular flexibility index (Phi) is 6.50. The van der Waals surface area contributed by atoms with Crippen molar-refractivity contribution in [3.8, 4) is 11.5 Å². The molecule has 3 N–H and O–H groups in total. The molecule has 0 fully saturated rings. The molecule has 4 rings (SSSR count). The van der Waals surface area contributed by atoms with Gasteiger partial charge in [0.2, 0.25) is 16.8 Å². The molecule has 0 saturated heterocycles. The van der Waals surface area contributed by atoms with Crippen molar-refractivity contribution < 1.29 is 27.5 Å². The second-order valence-electron chi connectivity index (χ2n) is 6.94. The molecule has 11 heteroatoms. The van der Waals surface area contributed by atoms with Gasteiger partial charge in [0.1, 0.15) is 0 Å². The molecule has 9 nitrogen and oxygen atoms in total. The molecule has 170 valence electrons. The number of rotatable bonds is 6. The minimum Gasteiger partial charge on any atom is -0.454 e. The van der Waals surface area contributed by atoms with Crippen molar-refractivity contribution in [2.75, 3.05) is 6.79 Å². The standard InChI is InChI=1S/C22H18ClN3O6S/c23-18-10-16(11-19-20(18)32-13-31-19)22(28)26-25-21(27)15-7-4-8-17(9-15)33(29,30)24-12-14-5-2-1-3-6-14/h1-11,24H,12-13H2,(H,25,27)(H,26,28). The summed E-state index contributed by atoms with van der Waals surface area (Å²) >= 11 is 6.07. The van der Waals surface area contributed by atoms with E-state index in [-0.39, 0.29) is 34.4 Å². The van der Waals surface area contributed by atoms with Crippen LogP contribution < -0.4 is 25.0 Å². The number of fused-ring (bicyclic) bond motifs is 1. The fourth-order valence-corrected chi connectivity index (χ4v) is 4.35. The average Bonchev–Trinajstić information content (AvgIpc) is 3.31. The molecule has 0 saturated carbocycles. The van der Waals surface area contributed by atoms with Crippen molar-refractivity contribution in [1.29, 1.82) is 0 Å². The second-order valence-corrected chi connectivity index (χ2v) is 9.11. The monoisotopic (exact) mass is 487 g/mol. The molecule has 0 aliphatic carbocycles. The largest absolute Gasteiger partial charge is 0.454 e. The normalized spacial score (nSPS) is 12.3. The van der Waals surface area contributed by atoms with Crippen molar-refractivity contribution in [2.45, 2.75) is 11.4 Å². The van der Waals surface area contributed by atoms with Gasteiger partial charge in [-0.3, -0.25) is 20.4 Å². The molecular weight excluding hydrogens is 470 g/mol. The summed E-state index contributed by atoms with van der Waals surface area (Å²) in [4.78, 5) is 24.8. The number of ether oxygens (including phenoxy) is 2. The van der Waals surface area contributed by atoms with Gasteiger partial charge in [0.05, 0.1) is 9.92 Å². The topological polar surface area (TPSA) is 123 Å². The molecule has 33 heavy (non-hydrogen) atoms. The van der Waals surface area contributed by atoms with Gasteiger partial charge in [-0.15, -0.1) is 0 Å². The van der Waals surface area contributed by atoms with Gasteiger partial charge in [-0.25, -0.2) is 13.1 Å². The number of benzene rings is 3. The summed E-state index contributed by atoms with van der Waals surface area (Å²) in [5.74, 6) is -0.678. The molecule has 1 aliphatic heterocycles. The predicted octanol–water partition coefficient (Wildman–Crippen LogP) is 2.62. The van der Waals surface area contributed by atoms with E-state index < -0.39 is 21.8 Å². The first-order valence-electron chi connectivity index (χ1n) is 9.67. The lowest BCUT2D eigenvalue weighted by atomic mass is 10.2. The molecule has 0 bridgehead atoms. The van der Waals surface area contributed by atoms with Crippen LogP contribution in [-0.4, -0.2) is 27.0 Å². The van der Waals surface area contributed by atoms with Gasteiger partial charge in [0.25, 0.3) is 11.8 Å². The highest BCUT2D eigenvalue weighted by Crippen LogP contribution is 2.39. The number of hydrazine groups is 1.